The number of aromatic nitrogens is 1. The lowest BCUT2D eigenvalue weighted by molar-refractivity contribution is -0.106. The highest BCUT2D eigenvalue weighted by atomic mass is 79.9. The Morgan fingerprint density at radius 3 is 3.00 bits per heavy atom. The predicted octanol–water partition coefficient (Wildman–Crippen LogP) is -0.168. The first-order valence-corrected chi connectivity index (χ1v) is 4.72. The summed E-state index contributed by atoms with van der Waals surface area (Å²) in [4.78, 5) is 6.93. The largest absolute Gasteiger partial charge is 0.361 e. The van der Waals surface area contributed by atoms with Crippen LogP contribution in [-0.4, -0.2) is 17.2 Å². The van der Waals surface area contributed by atoms with Gasteiger partial charge >= 0.3 is 0 Å². The number of rotatable bonds is 3. The Balaban J connectivity index is 3.06. The molecule has 1 heterocycles. The van der Waals surface area contributed by atoms with Gasteiger partial charge in [0.25, 0.3) is 12.2 Å². The highest BCUT2D eigenvalue weighted by molar-refractivity contribution is 9.10. The number of nitrogens with one attached hydrogen (secondary N) is 1. The van der Waals surface area contributed by atoms with E-state index >= 15 is 0 Å². The molecule has 0 aliphatic carbocycles. The number of H-pyrrole nitrogens is 1. The van der Waals surface area contributed by atoms with Gasteiger partial charge in [-0.1, -0.05) is 6.92 Å². The second-order valence-corrected chi connectivity index (χ2v) is 3.39. The van der Waals surface area contributed by atoms with Crippen LogP contribution >= 0.6 is 15.9 Å². The summed E-state index contributed by atoms with van der Waals surface area (Å²) in [5.41, 5.74) is 7.54. The number of halogens is 1. The summed E-state index contributed by atoms with van der Waals surface area (Å²) in [6.45, 7) is 2.06. The Labute approximate surface area is 84.9 Å². The molecule has 1 rings (SSSR count). The fourth-order valence-electron chi connectivity index (χ4n) is 1.00. The van der Waals surface area contributed by atoms with Gasteiger partial charge in [0.1, 0.15) is 5.69 Å². The van der Waals surface area contributed by atoms with Gasteiger partial charge < -0.3 is 10.7 Å². The van der Waals surface area contributed by atoms with E-state index in [1.807, 2.05) is 6.07 Å². The molecule has 5 heteroatoms. The normalized spacial score (nSPS) is 11.7. The molecule has 0 unspecified atom stereocenters. The number of aryl methyl sites for hydroxylation is 1. The highest BCUT2D eigenvalue weighted by Crippen LogP contribution is 2.17. The molecule has 0 saturated carbocycles. The van der Waals surface area contributed by atoms with Crippen molar-refractivity contribution in [3.63, 3.8) is 0 Å². The molecule has 5 N–H and O–H groups in total. The van der Waals surface area contributed by atoms with Gasteiger partial charge in [0.05, 0.1) is 0 Å². The average molecular weight is 244 g/mol. The van der Waals surface area contributed by atoms with Crippen molar-refractivity contribution >= 4 is 28.1 Å². The molecular weight excluding hydrogens is 232 g/mol. The Kier molecular flexibility index (Phi) is 3.25. The smallest absolute Gasteiger partial charge is 0.280 e. The van der Waals surface area contributed by atoms with E-state index in [4.69, 9.17) is 11.1 Å². The standard InChI is InChI=1S/C8H11BrN4/c1-2-5-3-6(9)7(13-5)8(11)12-4-10/h3-4,13H,2H2,1H3,(H3,10,11,12)/p+1. The van der Waals surface area contributed by atoms with Gasteiger partial charge in [0, 0.05) is 10.2 Å². The quantitative estimate of drug-likeness (QED) is 0.501. The van der Waals surface area contributed by atoms with Crippen LogP contribution in [0.2, 0.25) is 0 Å². The van der Waals surface area contributed by atoms with Crippen molar-refractivity contribution in [2.45, 2.75) is 13.3 Å². The van der Waals surface area contributed by atoms with Crippen LogP contribution in [0, 0.1) is 0 Å². The predicted molar refractivity (Wildman–Crippen MR) is 56.6 cm³/mol. The molecule has 0 aliphatic rings. The molecule has 0 bridgehead atoms. The molecule has 0 saturated heterocycles. The van der Waals surface area contributed by atoms with Crippen LogP contribution in [0.15, 0.2) is 15.5 Å². The lowest BCUT2D eigenvalue weighted by Crippen LogP contribution is -2.30. The van der Waals surface area contributed by atoms with Crippen LogP contribution in [0.5, 0.6) is 0 Å². The third kappa shape index (κ3) is 2.18. The fraction of sp³-hybridized carbons (Fsp3) is 0.250. The molecule has 0 fully saturated rings. The van der Waals surface area contributed by atoms with Gasteiger partial charge in [-0.25, -0.2) is 0 Å². The summed E-state index contributed by atoms with van der Waals surface area (Å²) in [6, 6.07) is 1.98. The zero-order valence-corrected chi connectivity index (χ0v) is 8.93. The molecule has 1 aromatic rings. The molecule has 0 aliphatic heterocycles. The minimum Gasteiger partial charge on any atom is -0.361 e. The van der Waals surface area contributed by atoms with Crippen LogP contribution < -0.4 is 11.1 Å². The molecule has 70 valence electrons. The maximum Gasteiger partial charge on any atom is 0.280 e. The van der Waals surface area contributed by atoms with Crippen molar-refractivity contribution in [3.8, 4) is 0 Å². The number of nitrogens with two attached hydrogens (primary N) is 2. The molecule has 4 nitrogen and oxygen atoms in total. The number of hydrogen-bond acceptors (Lipinski definition) is 0. The van der Waals surface area contributed by atoms with Crippen LogP contribution in [0.3, 0.4) is 0 Å². The van der Waals surface area contributed by atoms with E-state index in [0.29, 0.717) is 5.84 Å². The zero-order chi connectivity index (χ0) is 9.84. The summed E-state index contributed by atoms with van der Waals surface area (Å²) in [7, 11) is 0. The van der Waals surface area contributed by atoms with Crippen LogP contribution in [0.4, 0.5) is 0 Å². The molecule has 0 radical (unpaired) electrons. The van der Waals surface area contributed by atoms with E-state index in [1.54, 1.807) is 0 Å². The lowest BCUT2D eigenvalue weighted by Gasteiger charge is -1.90. The number of hydrogen-bond donors (Lipinski definition) is 3. The fourth-order valence-corrected chi connectivity index (χ4v) is 1.58. The van der Waals surface area contributed by atoms with Crippen molar-refractivity contribution < 1.29 is 5.41 Å². The first kappa shape index (κ1) is 9.98. The van der Waals surface area contributed by atoms with Crippen molar-refractivity contribution in [2.24, 2.45) is 10.7 Å². The molecular formula is C8H12BrN4+. The van der Waals surface area contributed by atoms with Crippen molar-refractivity contribution in [1.29, 1.82) is 0 Å². The monoisotopic (exact) mass is 243 g/mol. The van der Waals surface area contributed by atoms with Gasteiger partial charge in [-0.3, -0.25) is 5.41 Å². The second-order valence-electron chi connectivity index (χ2n) is 2.53. The zero-order valence-electron chi connectivity index (χ0n) is 7.34. The van der Waals surface area contributed by atoms with Crippen LogP contribution in [0.1, 0.15) is 18.3 Å². The van der Waals surface area contributed by atoms with Crippen molar-refractivity contribution in [3.05, 3.63) is 21.9 Å². The van der Waals surface area contributed by atoms with E-state index in [0.717, 1.165) is 22.3 Å². The third-order valence-electron chi connectivity index (χ3n) is 1.68. The molecule has 0 spiro atoms. The minimum atomic E-state index is 0.383. The van der Waals surface area contributed by atoms with Crippen molar-refractivity contribution in [1.82, 2.24) is 4.98 Å². The molecule has 0 aromatic carbocycles. The van der Waals surface area contributed by atoms with E-state index in [2.05, 4.69) is 32.8 Å². The summed E-state index contributed by atoms with van der Waals surface area (Å²) >= 11 is 3.38. The average Bonchev–Trinajstić information content (AvgIpc) is 2.47. The second kappa shape index (κ2) is 4.23. The molecule has 0 atom stereocenters. The summed E-state index contributed by atoms with van der Waals surface area (Å²) in [5.74, 6) is 0.383. The Morgan fingerprint density at radius 1 is 1.85 bits per heavy atom. The Morgan fingerprint density at radius 2 is 2.54 bits per heavy atom. The lowest BCUT2D eigenvalue weighted by atomic mass is 10.3. The minimum absolute atomic E-state index is 0.383. The number of amidine groups is 1. The van der Waals surface area contributed by atoms with E-state index in [1.165, 1.54) is 6.34 Å². The SMILES string of the molecule is CCc1cc(Br)c(C(N)=NC=[NH2+])[nH]1. The summed E-state index contributed by atoms with van der Waals surface area (Å²) < 4.78 is 0.910. The van der Waals surface area contributed by atoms with Gasteiger partial charge in [-0.15, -0.1) is 0 Å². The van der Waals surface area contributed by atoms with Gasteiger partial charge in [0.2, 0.25) is 0 Å². The number of nitrogens with zero attached hydrogens (tertiary/aromatic N) is 1. The maximum atomic E-state index is 5.65. The highest BCUT2D eigenvalue weighted by Gasteiger charge is 2.11. The van der Waals surface area contributed by atoms with Gasteiger partial charge in [0.15, 0.2) is 0 Å². The molecule has 0 amide bonds. The van der Waals surface area contributed by atoms with E-state index in [-0.39, 0.29) is 0 Å². The number of aromatic amines is 1. The first-order valence-electron chi connectivity index (χ1n) is 3.93. The maximum absolute atomic E-state index is 5.65. The summed E-state index contributed by atoms with van der Waals surface area (Å²) in [6.07, 6.45) is 2.10. The van der Waals surface area contributed by atoms with Crippen LogP contribution in [-0.2, 0) is 6.42 Å². The Hall–Kier alpha value is -1.10. The van der Waals surface area contributed by atoms with Gasteiger partial charge in [-0.2, -0.15) is 0 Å². The van der Waals surface area contributed by atoms with E-state index < -0.39 is 0 Å². The topological polar surface area (TPSA) is 79.8 Å². The number of aliphatic imine (C=N–C) groups is 1. The Bertz CT molecular complexity index is 340. The van der Waals surface area contributed by atoms with Gasteiger partial charge in [-0.05, 0) is 33.4 Å². The molecule has 1 aromatic heterocycles. The van der Waals surface area contributed by atoms with Crippen LogP contribution in [0.25, 0.3) is 0 Å². The first-order chi connectivity index (χ1) is 6.19. The third-order valence-corrected chi connectivity index (χ3v) is 2.30. The molecule has 13 heavy (non-hydrogen) atoms. The summed E-state index contributed by atoms with van der Waals surface area (Å²) in [5, 5.41) is 5.13. The van der Waals surface area contributed by atoms with Crippen molar-refractivity contribution in [2.75, 3.05) is 0 Å². The van der Waals surface area contributed by atoms with E-state index in [9.17, 15) is 0 Å².